The average molecular weight is 594 g/mol. The topological polar surface area (TPSA) is 109 Å². The second-order valence-electron chi connectivity index (χ2n) is 12.3. The van der Waals surface area contributed by atoms with E-state index in [1.54, 1.807) is 40.4 Å². The summed E-state index contributed by atoms with van der Waals surface area (Å²) in [5.41, 5.74) is 4.28. The van der Waals surface area contributed by atoms with Gasteiger partial charge in [-0.2, -0.15) is 0 Å². The minimum absolute atomic E-state index is 0.126. The van der Waals surface area contributed by atoms with E-state index in [2.05, 4.69) is 9.97 Å². The molecule has 4 heterocycles. The van der Waals surface area contributed by atoms with E-state index < -0.39 is 17.1 Å². The minimum Gasteiger partial charge on any atom is -0.466 e. The number of aromatic nitrogens is 4. The van der Waals surface area contributed by atoms with Crippen molar-refractivity contribution in [3.63, 3.8) is 0 Å². The molecule has 0 atom stereocenters. The maximum atomic E-state index is 13.7. The van der Waals surface area contributed by atoms with E-state index in [0.717, 1.165) is 33.1 Å². The molecule has 2 aromatic carbocycles. The molecule has 5 aromatic rings. The molecular formula is C34H35N5O5. The Bertz CT molecular complexity index is 1930. The molecule has 0 unspecified atom stereocenters. The zero-order chi connectivity index (χ0) is 31.2. The molecule has 1 amide bonds. The molecule has 0 saturated carbocycles. The fourth-order valence-corrected chi connectivity index (χ4v) is 5.94. The first-order valence-electron chi connectivity index (χ1n) is 14.6. The van der Waals surface area contributed by atoms with Crippen LogP contribution in [0.25, 0.3) is 38.8 Å². The summed E-state index contributed by atoms with van der Waals surface area (Å²) in [7, 11) is 1.74. The molecule has 0 radical (unpaired) electrons. The second-order valence-corrected chi connectivity index (χ2v) is 12.3. The van der Waals surface area contributed by atoms with Gasteiger partial charge in [-0.05, 0) is 69.2 Å². The number of aryl methyl sites for hydroxylation is 1. The molecule has 10 heteroatoms. The Hall–Kier alpha value is -4.99. The lowest BCUT2D eigenvalue weighted by molar-refractivity contribution is -0.146. The molecule has 0 bridgehead atoms. The van der Waals surface area contributed by atoms with Gasteiger partial charge in [-0.25, -0.2) is 9.59 Å². The van der Waals surface area contributed by atoms with Crippen molar-refractivity contribution in [1.29, 1.82) is 0 Å². The van der Waals surface area contributed by atoms with Crippen LogP contribution in [0.15, 0.2) is 78.0 Å². The zero-order valence-electron chi connectivity index (χ0n) is 25.5. The lowest BCUT2D eigenvalue weighted by Gasteiger charge is -2.49. The van der Waals surface area contributed by atoms with Gasteiger partial charge in [0.1, 0.15) is 5.60 Å². The quantitative estimate of drug-likeness (QED) is 0.243. The number of ether oxygens (including phenoxy) is 2. The van der Waals surface area contributed by atoms with Crippen LogP contribution >= 0.6 is 0 Å². The highest BCUT2D eigenvalue weighted by Gasteiger charge is 2.49. The summed E-state index contributed by atoms with van der Waals surface area (Å²) in [5, 5.41) is 0.844. The average Bonchev–Trinajstić information content (AvgIpc) is 3.24. The Balaban J connectivity index is 1.40. The molecule has 0 aliphatic carbocycles. The number of pyridine rings is 2. The molecule has 1 fully saturated rings. The van der Waals surface area contributed by atoms with Crippen LogP contribution in [0.5, 0.6) is 0 Å². The lowest BCUT2D eigenvalue weighted by Crippen LogP contribution is -2.62. The smallest absolute Gasteiger partial charge is 0.410 e. The van der Waals surface area contributed by atoms with Crippen molar-refractivity contribution in [1.82, 2.24) is 24.0 Å². The molecule has 6 rings (SSSR count). The number of benzene rings is 2. The monoisotopic (exact) mass is 593 g/mol. The lowest BCUT2D eigenvalue weighted by atomic mass is 9.71. The minimum atomic E-state index is -0.624. The SMILES string of the molecule is CCOC(=O)CC1(c2ccc(-n3c(=O)n(C)c4cnc5ccc(-c6cccnc6)cc5c43)cc2)CN(C(=O)OC(C)(C)C)C1. The molecule has 1 aliphatic heterocycles. The van der Waals surface area contributed by atoms with E-state index in [9.17, 15) is 14.4 Å². The normalized spacial score (nSPS) is 14.4. The van der Waals surface area contributed by atoms with Crippen molar-refractivity contribution in [3.8, 4) is 16.8 Å². The summed E-state index contributed by atoms with van der Waals surface area (Å²) >= 11 is 0. The first-order valence-corrected chi connectivity index (χ1v) is 14.6. The number of hydrogen-bond donors (Lipinski definition) is 0. The molecule has 1 aliphatic rings. The maximum Gasteiger partial charge on any atom is 0.410 e. The van der Waals surface area contributed by atoms with Gasteiger partial charge in [0.05, 0.1) is 41.5 Å². The molecule has 44 heavy (non-hydrogen) atoms. The van der Waals surface area contributed by atoms with Crippen molar-refractivity contribution in [2.75, 3.05) is 19.7 Å². The number of esters is 1. The molecule has 226 valence electrons. The van der Waals surface area contributed by atoms with Crippen LogP contribution in [0.1, 0.15) is 39.7 Å². The van der Waals surface area contributed by atoms with Gasteiger partial charge >= 0.3 is 17.8 Å². The highest BCUT2D eigenvalue weighted by Crippen LogP contribution is 2.39. The zero-order valence-corrected chi connectivity index (χ0v) is 25.5. The van der Waals surface area contributed by atoms with Gasteiger partial charge in [0.2, 0.25) is 0 Å². The molecule has 0 spiro atoms. The van der Waals surface area contributed by atoms with Gasteiger partial charge in [-0.3, -0.25) is 23.9 Å². The standard InChI is InChI=1S/C34H35N5O5/c1-6-43-29(40)17-34(20-38(21-34)32(42)44-33(2,3)4)24-10-12-25(13-11-24)39-30-26-16-22(23-8-7-15-35-18-23)9-14-27(26)36-19-28(30)37(5)31(39)41/h7-16,18-19H,6,17,20-21H2,1-5H3. The van der Waals surface area contributed by atoms with E-state index in [1.165, 1.54) is 0 Å². The number of fused-ring (bicyclic) bond motifs is 3. The van der Waals surface area contributed by atoms with Gasteiger partial charge in [0.25, 0.3) is 0 Å². The third-order valence-electron chi connectivity index (χ3n) is 8.04. The van der Waals surface area contributed by atoms with E-state index in [-0.39, 0.29) is 24.7 Å². The molecule has 3 aromatic heterocycles. The Labute approximate surface area is 254 Å². The number of nitrogens with zero attached hydrogens (tertiary/aromatic N) is 5. The number of likely N-dealkylation sites (tertiary alicyclic amines) is 1. The van der Waals surface area contributed by atoms with Gasteiger partial charge in [0.15, 0.2) is 0 Å². The fourth-order valence-electron chi connectivity index (χ4n) is 5.94. The van der Waals surface area contributed by atoms with E-state index in [1.807, 2.05) is 81.6 Å². The summed E-state index contributed by atoms with van der Waals surface area (Å²) in [6, 6.07) is 17.5. The number of carbonyl (C=O) groups excluding carboxylic acids is 2. The van der Waals surface area contributed by atoms with Crippen LogP contribution in [0.4, 0.5) is 4.79 Å². The predicted molar refractivity (Wildman–Crippen MR) is 168 cm³/mol. The van der Waals surface area contributed by atoms with Crippen LogP contribution in [0.2, 0.25) is 0 Å². The summed E-state index contributed by atoms with van der Waals surface area (Å²) in [6.07, 6.45) is 4.98. The Kier molecular flexibility index (Phi) is 7.23. The number of amides is 1. The van der Waals surface area contributed by atoms with E-state index in [0.29, 0.717) is 24.3 Å². The Morgan fingerprint density at radius 1 is 1.00 bits per heavy atom. The summed E-state index contributed by atoms with van der Waals surface area (Å²) < 4.78 is 14.1. The number of imidazole rings is 1. The fraction of sp³-hybridized carbons (Fsp3) is 0.324. The summed E-state index contributed by atoms with van der Waals surface area (Å²) in [4.78, 5) is 49.5. The highest BCUT2D eigenvalue weighted by atomic mass is 16.6. The van der Waals surface area contributed by atoms with Crippen molar-refractivity contribution < 1.29 is 19.1 Å². The molecule has 10 nitrogen and oxygen atoms in total. The third kappa shape index (κ3) is 5.21. The third-order valence-corrected chi connectivity index (χ3v) is 8.04. The molecular weight excluding hydrogens is 558 g/mol. The molecule has 0 N–H and O–H groups in total. The van der Waals surface area contributed by atoms with Crippen LogP contribution in [0, 0.1) is 0 Å². The second kappa shape index (κ2) is 10.9. The number of carbonyl (C=O) groups is 2. The predicted octanol–water partition coefficient (Wildman–Crippen LogP) is 5.38. The highest BCUT2D eigenvalue weighted by molar-refractivity contribution is 6.04. The van der Waals surface area contributed by atoms with Gasteiger partial charge in [-0.15, -0.1) is 0 Å². The van der Waals surface area contributed by atoms with Gasteiger partial charge in [-0.1, -0.05) is 24.3 Å². The number of hydrogen-bond acceptors (Lipinski definition) is 7. The van der Waals surface area contributed by atoms with Crippen LogP contribution < -0.4 is 5.69 Å². The largest absolute Gasteiger partial charge is 0.466 e. The van der Waals surface area contributed by atoms with Crippen molar-refractivity contribution >= 4 is 34.0 Å². The van der Waals surface area contributed by atoms with Crippen molar-refractivity contribution in [2.45, 2.75) is 45.1 Å². The number of rotatable bonds is 6. The molecule has 1 saturated heterocycles. The van der Waals surface area contributed by atoms with Gasteiger partial charge < -0.3 is 14.4 Å². The summed E-state index contributed by atoms with van der Waals surface area (Å²) in [5.74, 6) is -0.325. The maximum absolute atomic E-state index is 13.7. The van der Waals surface area contributed by atoms with Crippen LogP contribution in [-0.4, -0.2) is 61.4 Å². The Morgan fingerprint density at radius 3 is 2.41 bits per heavy atom. The van der Waals surface area contributed by atoms with E-state index in [4.69, 9.17) is 9.47 Å². The van der Waals surface area contributed by atoms with Crippen LogP contribution in [-0.2, 0) is 26.7 Å². The van der Waals surface area contributed by atoms with Gasteiger partial charge in [0, 0.05) is 48.9 Å². The van der Waals surface area contributed by atoms with Crippen molar-refractivity contribution in [2.24, 2.45) is 7.05 Å². The summed E-state index contributed by atoms with van der Waals surface area (Å²) in [6.45, 7) is 8.16. The van der Waals surface area contributed by atoms with Crippen LogP contribution in [0.3, 0.4) is 0 Å². The van der Waals surface area contributed by atoms with Crippen molar-refractivity contribution in [3.05, 3.63) is 89.2 Å². The first kappa shape index (κ1) is 29.1. The Morgan fingerprint density at radius 2 is 1.75 bits per heavy atom. The first-order chi connectivity index (χ1) is 21.0. The van der Waals surface area contributed by atoms with E-state index >= 15 is 0 Å².